The third-order valence-corrected chi connectivity index (χ3v) is 4.11. The van der Waals surface area contributed by atoms with Crippen LogP contribution >= 0.6 is 0 Å². The van der Waals surface area contributed by atoms with Crippen molar-refractivity contribution in [3.05, 3.63) is 65.9 Å². The number of amides is 1. The molecule has 1 atom stereocenters. The van der Waals surface area contributed by atoms with Gasteiger partial charge in [0.1, 0.15) is 5.75 Å². The summed E-state index contributed by atoms with van der Waals surface area (Å²) in [4.78, 5) is 26.6. The lowest BCUT2D eigenvalue weighted by Gasteiger charge is -2.19. The number of carboxylic acids is 1. The molecule has 0 spiro atoms. The quantitative estimate of drug-likeness (QED) is 0.671. The molecular weight excluding hydrogens is 332 g/mol. The molecule has 2 N–H and O–H groups in total. The van der Waals surface area contributed by atoms with Crippen molar-refractivity contribution in [3.8, 4) is 5.75 Å². The van der Waals surface area contributed by atoms with Gasteiger partial charge in [-0.25, -0.2) is 0 Å². The van der Waals surface area contributed by atoms with Gasteiger partial charge in [0.25, 0.3) is 5.91 Å². The van der Waals surface area contributed by atoms with Crippen LogP contribution in [0.2, 0.25) is 0 Å². The van der Waals surface area contributed by atoms with E-state index in [2.05, 4.69) is 10.3 Å². The second-order valence-electron chi connectivity index (χ2n) is 6.10. The molecule has 6 nitrogen and oxygen atoms in total. The lowest BCUT2D eigenvalue weighted by molar-refractivity contribution is -0.308. The fourth-order valence-electron chi connectivity index (χ4n) is 2.73. The van der Waals surface area contributed by atoms with E-state index in [-0.39, 0.29) is 13.0 Å². The van der Waals surface area contributed by atoms with Gasteiger partial charge in [-0.2, -0.15) is 0 Å². The summed E-state index contributed by atoms with van der Waals surface area (Å²) in [7, 11) is 0. The van der Waals surface area contributed by atoms with Crippen LogP contribution in [-0.4, -0.2) is 29.5 Å². The third-order valence-electron chi connectivity index (χ3n) is 4.11. The molecule has 0 aliphatic carbocycles. The lowest BCUT2D eigenvalue weighted by Crippen LogP contribution is -2.50. The first kappa shape index (κ1) is 17.5. The predicted molar refractivity (Wildman–Crippen MR) is 95.6 cm³/mol. The van der Waals surface area contributed by atoms with Gasteiger partial charge in [0.15, 0.2) is 6.61 Å². The molecule has 0 bridgehead atoms. The van der Waals surface area contributed by atoms with Gasteiger partial charge in [0.05, 0.1) is 12.0 Å². The summed E-state index contributed by atoms with van der Waals surface area (Å²) in [6.07, 6.45) is 1.87. The van der Waals surface area contributed by atoms with Gasteiger partial charge in [-0.15, -0.1) is 0 Å². The second kappa shape index (κ2) is 7.74. The highest BCUT2D eigenvalue weighted by molar-refractivity contribution is 5.86. The maximum Gasteiger partial charge on any atom is 0.258 e. The van der Waals surface area contributed by atoms with Crippen molar-refractivity contribution in [2.24, 2.45) is 0 Å². The molecule has 0 aliphatic heterocycles. The number of para-hydroxylation sites is 1. The van der Waals surface area contributed by atoms with E-state index in [1.165, 1.54) is 0 Å². The van der Waals surface area contributed by atoms with Crippen LogP contribution in [0.5, 0.6) is 5.75 Å². The molecule has 2 aromatic carbocycles. The number of nitrogens with one attached hydrogen (secondary N) is 2. The number of aryl methyl sites for hydroxylation is 1. The number of benzene rings is 2. The average Bonchev–Trinajstić information content (AvgIpc) is 3.04. The van der Waals surface area contributed by atoms with Crippen molar-refractivity contribution in [1.82, 2.24) is 10.3 Å². The standard InChI is InChI=1S/C20H20N2O4/c1-13-6-8-15(9-7-13)26-12-19(23)22-18(20(24)25)10-14-11-21-17-5-3-2-4-16(14)17/h2-9,11,18,21H,10,12H2,1H3,(H,22,23)(H,24,25)/p-1/t18-/m0/s1. The molecule has 26 heavy (non-hydrogen) atoms. The summed E-state index contributed by atoms with van der Waals surface area (Å²) in [5.74, 6) is -1.30. The maximum absolute atomic E-state index is 12.1. The van der Waals surface area contributed by atoms with E-state index < -0.39 is 17.9 Å². The van der Waals surface area contributed by atoms with E-state index in [0.717, 1.165) is 22.0 Å². The Hall–Kier alpha value is -3.28. The molecule has 1 heterocycles. The Morgan fingerprint density at radius 1 is 1.15 bits per heavy atom. The largest absolute Gasteiger partial charge is 0.548 e. The Morgan fingerprint density at radius 2 is 1.88 bits per heavy atom. The van der Waals surface area contributed by atoms with Crippen molar-refractivity contribution in [1.29, 1.82) is 0 Å². The van der Waals surface area contributed by atoms with Gasteiger partial charge in [-0.05, 0) is 30.7 Å². The van der Waals surface area contributed by atoms with Crippen molar-refractivity contribution < 1.29 is 19.4 Å². The van der Waals surface area contributed by atoms with Crippen LogP contribution in [0, 0.1) is 6.92 Å². The Kier molecular flexibility index (Phi) is 5.22. The zero-order valence-electron chi connectivity index (χ0n) is 14.3. The van der Waals surface area contributed by atoms with E-state index in [1.54, 1.807) is 18.3 Å². The van der Waals surface area contributed by atoms with Crippen LogP contribution in [0.4, 0.5) is 0 Å². The summed E-state index contributed by atoms with van der Waals surface area (Å²) in [5.41, 5.74) is 2.79. The van der Waals surface area contributed by atoms with Gasteiger partial charge in [-0.3, -0.25) is 4.79 Å². The molecule has 0 aliphatic rings. The van der Waals surface area contributed by atoms with E-state index in [1.807, 2.05) is 43.3 Å². The summed E-state index contributed by atoms with van der Waals surface area (Å²) < 4.78 is 5.38. The summed E-state index contributed by atoms with van der Waals surface area (Å²) in [5, 5.41) is 14.8. The molecular formula is C20H19N2O4-. The summed E-state index contributed by atoms with van der Waals surface area (Å²) >= 11 is 0. The molecule has 0 saturated heterocycles. The first-order valence-corrected chi connectivity index (χ1v) is 8.27. The molecule has 1 aromatic heterocycles. The van der Waals surface area contributed by atoms with Crippen LogP contribution in [0.1, 0.15) is 11.1 Å². The van der Waals surface area contributed by atoms with Crippen LogP contribution in [-0.2, 0) is 16.0 Å². The second-order valence-corrected chi connectivity index (χ2v) is 6.10. The molecule has 6 heteroatoms. The first-order valence-electron chi connectivity index (χ1n) is 8.27. The van der Waals surface area contributed by atoms with Crippen LogP contribution in [0.25, 0.3) is 10.9 Å². The number of hydrogen-bond acceptors (Lipinski definition) is 4. The number of fused-ring (bicyclic) bond motifs is 1. The minimum Gasteiger partial charge on any atom is -0.548 e. The van der Waals surface area contributed by atoms with E-state index in [9.17, 15) is 14.7 Å². The number of aliphatic carboxylic acids is 1. The normalized spacial score (nSPS) is 11.9. The number of rotatable bonds is 7. The Balaban J connectivity index is 1.62. The predicted octanol–water partition coefficient (Wildman–Crippen LogP) is 1.33. The van der Waals surface area contributed by atoms with Gasteiger partial charge in [0, 0.05) is 23.5 Å². The Morgan fingerprint density at radius 3 is 2.62 bits per heavy atom. The number of hydrogen-bond donors (Lipinski definition) is 2. The monoisotopic (exact) mass is 351 g/mol. The molecule has 134 valence electrons. The summed E-state index contributed by atoms with van der Waals surface area (Å²) in [6, 6.07) is 13.7. The number of H-pyrrole nitrogens is 1. The highest BCUT2D eigenvalue weighted by Gasteiger charge is 2.16. The summed E-state index contributed by atoms with van der Waals surface area (Å²) in [6.45, 7) is 1.69. The fraction of sp³-hybridized carbons (Fsp3) is 0.200. The van der Waals surface area contributed by atoms with Gasteiger partial charge < -0.3 is 24.9 Å². The molecule has 1 amide bonds. The van der Waals surface area contributed by atoms with Crippen LogP contribution in [0.3, 0.4) is 0 Å². The van der Waals surface area contributed by atoms with E-state index in [4.69, 9.17) is 4.74 Å². The topological polar surface area (TPSA) is 94.2 Å². The third kappa shape index (κ3) is 4.22. The number of aromatic amines is 1. The zero-order valence-corrected chi connectivity index (χ0v) is 14.3. The van der Waals surface area contributed by atoms with Crippen molar-refractivity contribution >= 4 is 22.8 Å². The van der Waals surface area contributed by atoms with Gasteiger partial charge in [-0.1, -0.05) is 35.9 Å². The molecule has 0 fully saturated rings. The SMILES string of the molecule is Cc1ccc(OCC(=O)N[C@@H](Cc2c[nH]c3ccccc23)C(=O)[O-])cc1. The van der Waals surface area contributed by atoms with E-state index in [0.29, 0.717) is 5.75 Å². The fourth-order valence-corrected chi connectivity index (χ4v) is 2.73. The highest BCUT2D eigenvalue weighted by atomic mass is 16.5. The van der Waals surface area contributed by atoms with Gasteiger partial charge in [0.2, 0.25) is 0 Å². The molecule has 3 rings (SSSR count). The maximum atomic E-state index is 12.1. The molecule has 0 radical (unpaired) electrons. The van der Waals surface area contributed by atoms with Gasteiger partial charge >= 0.3 is 0 Å². The Bertz CT molecular complexity index is 915. The number of aromatic nitrogens is 1. The van der Waals surface area contributed by atoms with Crippen molar-refractivity contribution in [2.75, 3.05) is 6.61 Å². The van der Waals surface area contributed by atoms with Crippen LogP contribution < -0.4 is 15.2 Å². The van der Waals surface area contributed by atoms with E-state index >= 15 is 0 Å². The lowest BCUT2D eigenvalue weighted by atomic mass is 10.1. The number of carbonyl (C=O) groups is 2. The minimum atomic E-state index is -1.33. The molecule has 0 unspecified atom stereocenters. The minimum absolute atomic E-state index is 0.128. The van der Waals surface area contributed by atoms with Crippen molar-refractivity contribution in [3.63, 3.8) is 0 Å². The number of carboxylic acid groups (broad SMARTS) is 1. The molecule has 0 saturated carbocycles. The average molecular weight is 351 g/mol. The first-order chi connectivity index (χ1) is 12.5. The van der Waals surface area contributed by atoms with Crippen molar-refractivity contribution in [2.45, 2.75) is 19.4 Å². The Labute approximate surface area is 150 Å². The van der Waals surface area contributed by atoms with Crippen LogP contribution in [0.15, 0.2) is 54.7 Å². The number of carbonyl (C=O) groups excluding carboxylic acids is 2. The number of ether oxygens (including phenoxy) is 1. The molecule has 3 aromatic rings. The highest BCUT2D eigenvalue weighted by Crippen LogP contribution is 2.19. The zero-order chi connectivity index (χ0) is 18.5. The smallest absolute Gasteiger partial charge is 0.258 e.